The average molecular weight is 283 g/mol. The average Bonchev–Trinajstić information content (AvgIpc) is 2.58. The second-order valence-electron chi connectivity index (χ2n) is 6.56. The van der Waals surface area contributed by atoms with E-state index in [1.807, 2.05) is 0 Å². The van der Waals surface area contributed by atoms with Crippen molar-refractivity contribution in [2.75, 3.05) is 26.7 Å². The van der Waals surface area contributed by atoms with Gasteiger partial charge in [-0.25, -0.2) is 0 Å². The number of hydrogen-bond donors (Lipinski definition) is 1. The lowest BCUT2D eigenvalue weighted by atomic mass is 10.1. The Hall–Kier alpha value is -0.610. The third kappa shape index (κ3) is 5.41. The first-order valence-electron chi connectivity index (χ1n) is 8.17. The third-order valence-corrected chi connectivity index (χ3v) is 4.32. The molecular formula is C16H33N3O. The second kappa shape index (κ2) is 8.63. The molecule has 0 bridgehead atoms. The summed E-state index contributed by atoms with van der Waals surface area (Å²) in [5, 5.41) is 3.13. The monoisotopic (exact) mass is 283 g/mol. The highest BCUT2D eigenvalue weighted by Crippen LogP contribution is 2.15. The molecule has 1 N–H and O–H groups in total. The van der Waals surface area contributed by atoms with Gasteiger partial charge in [0.25, 0.3) is 0 Å². The summed E-state index contributed by atoms with van der Waals surface area (Å²) in [5.41, 5.74) is 0. The second-order valence-corrected chi connectivity index (χ2v) is 6.56. The Morgan fingerprint density at radius 3 is 2.45 bits per heavy atom. The van der Waals surface area contributed by atoms with Gasteiger partial charge in [-0.15, -0.1) is 0 Å². The summed E-state index contributed by atoms with van der Waals surface area (Å²) in [7, 11) is 2.07. The zero-order valence-electron chi connectivity index (χ0n) is 14.0. The minimum atomic E-state index is 0.0732. The van der Waals surface area contributed by atoms with E-state index in [2.05, 4.69) is 49.9 Å². The molecule has 4 nitrogen and oxygen atoms in total. The summed E-state index contributed by atoms with van der Waals surface area (Å²) in [5.74, 6) is 0.210. The standard InChI is InChI=1S/C16H33N3O/c1-13(2)19(14(3)4)12-10-17-16(20)15-9-7-6-8-11-18(15)5/h13-15H,6-12H2,1-5H3,(H,17,20). The maximum Gasteiger partial charge on any atom is 0.237 e. The molecule has 0 spiro atoms. The Bertz CT molecular complexity index is 283. The SMILES string of the molecule is CC(C)N(CCNC(=O)C1CCCCCN1C)C(C)C. The molecule has 1 atom stereocenters. The molecule has 1 amide bonds. The summed E-state index contributed by atoms with van der Waals surface area (Å²) in [6.07, 6.45) is 4.64. The number of likely N-dealkylation sites (N-methyl/N-ethyl adjacent to an activating group) is 1. The van der Waals surface area contributed by atoms with Crippen LogP contribution in [0.4, 0.5) is 0 Å². The van der Waals surface area contributed by atoms with Crippen LogP contribution >= 0.6 is 0 Å². The fourth-order valence-corrected chi connectivity index (χ4v) is 3.12. The maximum atomic E-state index is 12.3. The van der Waals surface area contributed by atoms with Crippen molar-refractivity contribution >= 4 is 5.91 Å². The van der Waals surface area contributed by atoms with Crippen LogP contribution in [-0.2, 0) is 4.79 Å². The van der Waals surface area contributed by atoms with E-state index in [4.69, 9.17) is 0 Å². The van der Waals surface area contributed by atoms with Gasteiger partial charge in [-0.1, -0.05) is 12.8 Å². The van der Waals surface area contributed by atoms with Crippen molar-refractivity contribution in [1.82, 2.24) is 15.1 Å². The summed E-state index contributed by atoms with van der Waals surface area (Å²) < 4.78 is 0. The fourth-order valence-electron chi connectivity index (χ4n) is 3.12. The minimum Gasteiger partial charge on any atom is -0.353 e. The van der Waals surface area contributed by atoms with Crippen LogP contribution in [-0.4, -0.2) is 60.5 Å². The highest BCUT2D eigenvalue weighted by Gasteiger charge is 2.24. The van der Waals surface area contributed by atoms with E-state index < -0.39 is 0 Å². The van der Waals surface area contributed by atoms with Crippen LogP contribution in [0.3, 0.4) is 0 Å². The van der Waals surface area contributed by atoms with Gasteiger partial charge in [-0.3, -0.25) is 14.6 Å². The Kier molecular flexibility index (Phi) is 7.52. The first-order valence-corrected chi connectivity index (χ1v) is 8.17. The van der Waals surface area contributed by atoms with Gasteiger partial charge in [0, 0.05) is 25.2 Å². The molecule has 1 aliphatic heterocycles. The van der Waals surface area contributed by atoms with Crippen LogP contribution in [0.15, 0.2) is 0 Å². The Morgan fingerprint density at radius 2 is 1.85 bits per heavy atom. The Labute approximate surface area is 124 Å². The van der Waals surface area contributed by atoms with E-state index in [-0.39, 0.29) is 11.9 Å². The molecule has 20 heavy (non-hydrogen) atoms. The van der Waals surface area contributed by atoms with Gasteiger partial charge in [-0.05, 0) is 54.1 Å². The number of amides is 1. The summed E-state index contributed by atoms with van der Waals surface area (Å²) in [4.78, 5) is 16.9. The van der Waals surface area contributed by atoms with Gasteiger partial charge in [0.15, 0.2) is 0 Å². The van der Waals surface area contributed by atoms with Crippen molar-refractivity contribution < 1.29 is 4.79 Å². The van der Waals surface area contributed by atoms with Gasteiger partial charge < -0.3 is 5.32 Å². The van der Waals surface area contributed by atoms with Crippen LogP contribution in [0.1, 0.15) is 53.4 Å². The molecular weight excluding hydrogens is 250 g/mol. The first-order chi connectivity index (χ1) is 9.43. The van der Waals surface area contributed by atoms with Gasteiger partial charge in [0.05, 0.1) is 6.04 Å². The molecule has 0 aliphatic carbocycles. The van der Waals surface area contributed by atoms with Crippen molar-refractivity contribution in [3.05, 3.63) is 0 Å². The molecule has 0 aromatic heterocycles. The zero-order valence-corrected chi connectivity index (χ0v) is 14.0. The predicted molar refractivity (Wildman–Crippen MR) is 84.9 cm³/mol. The lowest BCUT2D eigenvalue weighted by Crippen LogP contribution is -2.48. The number of likely N-dealkylation sites (tertiary alicyclic amines) is 1. The number of rotatable bonds is 6. The predicted octanol–water partition coefficient (Wildman–Crippen LogP) is 2.10. The zero-order chi connectivity index (χ0) is 15.1. The van der Waals surface area contributed by atoms with Crippen molar-refractivity contribution in [2.24, 2.45) is 0 Å². The Morgan fingerprint density at radius 1 is 1.20 bits per heavy atom. The van der Waals surface area contributed by atoms with Gasteiger partial charge in [-0.2, -0.15) is 0 Å². The van der Waals surface area contributed by atoms with Gasteiger partial charge >= 0.3 is 0 Å². The molecule has 1 aliphatic rings. The lowest BCUT2D eigenvalue weighted by Gasteiger charge is -2.31. The van der Waals surface area contributed by atoms with Crippen molar-refractivity contribution in [2.45, 2.75) is 71.5 Å². The summed E-state index contributed by atoms with van der Waals surface area (Å²) >= 11 is 0. The van der Waals surface area contributed by atoms with E-state index in [0.29, 0.717) is 12.1 Å². The lowest BCUT2D eigenvalue weighted by molar-refractivity contribution is -0.126. The maximum absolute atomic E-state index is 12.3. The van der Waals surface area contributed by atoms with E-state index in [1.165, 1.54) is 19.3 Å². The third-order valence-electron chi connectivity index (χ3n) is 4.32. The van der Waals surface area contributed by atoms with Crippen LogP contribution in [0.2, 0.25) is 0 Å². The largest absolute Gasteiger partial charge is 0.353 e. The van der Waals surface area contributed by atoms with Crippen molar-refractivity contribution in [3.8, 4) is 0 Å². The summed E-state index contributed by atoms with van der Waals surface area (Å²) in [6.45, 7) is 11.6. The smallest absolute Gasteiger partial charge is 0.237 e. The number of hydrogen-bond acceptors (Lipinski definition) is 3. The number of carbonyl (C=O) groups is 1. The molecule has 0 saturated carbocycles. The van der Waals surface area contributed by atoms with Crippen LogP contribution < -0.4 is 5.32 Å². The van der Waals surface area contributed by atoms with Crippen LogP contribution in [0, 0.1) is 0 Å². The summed E-state index contributed by atoms with van der Waals surface area (Å²) in [6, 6.07) is 1.11. The number of carbonyl (C=O) groups excluding carboxylic acids is 1. The van der Waals surface area contributed by atoms with Gasteiger partial charge in [0.2, 0.25) is 5.91 Å². The molecule has 1 saturated heterocycles. The number of nitrogens with zero attached hydrogens (tertiary/aromatic N) is 2. The molecule has 1 fully saturated rings. The molecule has 0 aromatic rings. The van der Waals surface area contributed by atoms with Crippen LogP contribution in [0.5, 0.6) is 0 Å². The normalized spacial score (nSPS) is 21.5. The topological polar surface area (TPSA) is 35.6 Å². The molecule has 0 radical (unpaired) electrons. The van der Waals surface area contributed by atoms with Crippen LogP contribution in [0.25, 0.3) is 0 Å². The van der Waals surface area contributed by atoms with E-state index in [0.717, 1.165) is 26.1 Å². The number of nitrogens with one attached hydrogen (secondary N) is 1. The molecule has 118 valence electrons. The minimum absolute atomic E-state index is 0.0732. The highest BCUT2D eigenvalue weighted by atomic mass is 16.2. The molecule has 1 unspecified atom stereocenters. The van der Waals surface area contributed by atoms with Crippen molar-refractivity contribution in [3.63, 3.8) is 0 Å². The van der Waals surface area contributed by atoms with E-state index >= 15 is 0 Å². The van der Waals surface area contributed by atoms with Crippen molar-refractivity contribution in [1.29, 1.82) is 0 Å². The highest BCUT2D eigenvalue weighted by molar-refractivity contribution is 5.81. The first kappa shape index (κ1) is 17.4. The molecule has 1 heterocycles. The fraction of sp³-hybridized carbons (Fsp3) is 0.938. The van der Waals surface area contributed by atoms with Gasteiger partial charge in [0.1, 0.15) is 0 Å². The molecule has 1 rings (SSSR count). The molecule has 4 heteroatoms. The van der Waals surface area contributed by atoms with E-state index in [1.54, 1.807) is 0 Å². The molecule has 0 aromatic carbocycles. The van der Waals surface area contributed by atoms with E-state index in [9.17, 15) is 4.79 Å². The Balaban J connectivity index is 2.38. The quantitative estimate of drug-likeness (QED) is 0.811.